The first-order valence-corrected chi connectivity index (χ1v) is 9.61. The van der Waals surface area contributed by atoms with Gasteiger partial charge in [0.15, 0.2) is 5.96 Å². The van der Waals surface area contributed by atoms with Gasteiger partial charge in [0.1, 0.15) is 0 Å². The third-order valence-electron chi connectivity index (χ3n) is 4.48. The van der Waals surface area contributed by atoms with Crippen molar-refractivity contribution in [1.82, 2.24) is 15.6 Å². The largest absolute Gasteiger partial charge is 0.478 e. The van der Waals surface area contributed by atoms with Crippen LogP contribution in [0.25, 0.3) is 0 Å². The van der Waals surface area contributed by atoms with Crippen molar-refractivity contribution in [3.8, 4) is 5.88 Å². The lowest BCUT2D eigenvalue weighted by Crippen LogP contribution is -2.44. The molecule has 1 saturated heterocycles. The number of rotatable bonds is 6. The number of guanidine groups is 1. The van der Waals surface area contributed by atoms with Gasteiger partial charge < -0.3 is 20.3 Å². The Hall–Kier alpha value is -1.74. The van der Waals surface area contributed by atoms with E-state index in [1.165, 1.54) is 0 Å². The normalized spacial score (nSPS) is 16.5. The monoisotopic (exact) mass is 515 g/mol. The zero-order chi connectivity index (χ0) is 19.1. The topological polar surface area (TPSA) is 61.8 Å². The second kappa shape index (κ2) is 11.3. The van der Waals surface area contributed by atoms with Crippen molar-refractivity contribution in [2.75, 3.05) is 31.6 Å². The number of halogens is 2. The number of benzene rings is 1. The average molecular weight is 516 g/mol. The maximum absolute atomic E-state index is 6.11. The SMILES string of the molecule is CCOc1cc(CNC(=NC)NC2CCN(c3cccc(Cl)c3)C2)ccn1.I. The Morgan fingerprint density at radius 2 is 2.21 bits per heavy atom. The molecule has 1 atom stereocenters. The Morgan fingerprint density at radius 3 is 2.96 bits per heavy atom. The van der Waals surface area contributed by atoms with E-state index in [-0.39, 0.29) is 24.0 Å². The molecular weight excluding hydrogens is 489 g/mol. The maximum atomic E-state index is 6.11. The predicted molar refractivity (Wildman–Crippen MR) is 126 cm³/mol. The molecule has 1 aromatic heterocycles. The van der Waals surface area contributed by atoms with Crippen LogP contribution in [0.2, 0.25) is 5.02 Å². The summed E-state index contributed by atoms with van der Waals surface area (Å²) in [4.78, 5) is 10.9. The summed E-state index contributed by atoms with van der Waals surface area (Å²) in [5, 5.41) is 7.64. The van der Waals surface area contributed by atoms with Gasteiger partial charge in [-0.25, -0.2) is 4.98 Å². The number of ether oxygens (including phenoxy) is 1. The summed E-state index contributed by atoms with van der Waals surface area (Å²) in [7, 11) is 1.79. The number of nitrogens with one attached hydrogen (secondary N) is 2. The second-order valence-corrected chi connectivity index (χ2v) is 6.85. The molecule has 0 bridgehead atoms. The number of aliphatic imine (C=N–C) groups is 1. The molecule has 1 fully saturated rings. The zero-order valence-corrected chi connectivity index (χ0v) is 19.3. The summed E-state index contributed by atoms with van der Waals surface area (Å²) < 4.78 is 5.45. The number of hydrogen-bond donors (Lipinski definition) is 2. The van der Waals surface area contributed by atoms with Crippen LogP contribution in [0.15, 0.2) is 47.6 Å². The van der Waals surface area contributed by atoms with Crippen LogP contribution in [0.5, 0.6) is 5.88 Å². The molecule has 6 nitrogen and oxygen atoms in total. The highest BCUT2D eigenvalue weighted by Gasteiger charge is 2.23. The van der Waals surface area contributed by atoms with E-state index in [9.17, 15) is 0 Å². The van der Waals surface area contributed by atoms with Crippen molar-refractivity contribution in [3.63, 3.8) is 0 Å². The van der Waals surface area contributed by atoms with Crippen molar-refractivity contribution in [1.29, 1.82) is 0 Å². The number of pyridine rings is 1. The van der Waals surface area contributed by atoms with Gasteiger partial charge in [0.05, 0.1) is 6.61 Å². The highest BCUT2D eigenvalue weighted by molar-refractivity contribution is 14.0. The second-order valence-electron chi connectivity index (χ2n) is 6.42. The van der Waals surface area contributed by atoms with Crippen molar-refractivity contribution >= 4 is 47.2 Å². The Kier molecular flexibility index (Phi) is 9.11. The van der Waals surface area contributed by atoms with Gasteiger partial charge in [0, 0.05) is 55.7 Å². The third-order valence-corrected chi connectivity index (χ3v) is 4.71. The van der Waals surface area contributed by atoms with Gasteiger partial charge in [-0.2, -0.15) is 0 Å². The van der Waals surface area contributed by atoms with Crippen LogP contribution in [0.3, 0.4) is 0 Å². The molecule has 3 rings (SSSR count). The van der Waals surface area contributed by atoms with Gasteiger partial charge in [-0.05, 0) is 43.2 Å². The molecule has 2 aromatic rings. The van der Waals surface area contributed by atoms with Gasteiger partial charge in [-0.3, -0.25) is 4.99 Å². The Bertz CT molecular complexity index is 789. The molecular formula is C20H27ClIN5O. The van der Waals surface area contributed by atoms with Crippen molar-refractivity contribution in [3.05, 3.63) is 53.2 Å². The van der Waals surface area contributed by atoms with Crippen LogP contribution < -0.4 is 20.3 Å². The van der Waals surface area contributed by atoms with Crippen LogP contribution in [-0.4, -0.2) is 43.7 Å². The number of hydrogen-bond acceptors (Lipinski definition) is 4. The molecule has 8 heteroatoms. The van der Waals surface area contributed by atoms with E-state index < -0.39 is 0 Å². The van der Waals surface area contributed by atoms with Crippen LogP contribution in [0, 0.1) is 0 Å². The Morgan fingerprint density at radius 1 is 1.36 bits per heavy atom. The summed E-state index contributed by atoms with van der Waals surface area (Å²) >= 11 is 6.11. The highest BCUT2D eigenvalue weighted by Crippen LogP contribution is 2.23. The molecule has 28 heavy (non-hydrogen) atoms. The lowest BCUT2D eigenvalue weighted by atomic mass is 10.2. The smallest absolute Gasteiger partial charge is 0.213 e. The average Bonchev–Trinajstić information content (AvgIpc) is 3.14. The molecule has 152 valence electrons. The lowest BCUT2D eigenvalue weighted by Gasteiger charge is -2.20. The van der Waals surface area contributed by atoms with Gasteiger partial charge >= 0.3 is 0 Å². The molecule has 0 radical (unpaired) electrons. The standard InChI is InChI=1S/C20H26ClN5O.HI/c1-3-27-19-11-15(7-9-23-19)13-24-20(22-2)25-17-8-10-26(14-17)18-6-4-5-16(21)12-18;/h4-7,9,11-12,17H,3,8,10,13-14H2,1-2H3,(H2,22,24,25);1H. The van der Waals surface area contributed by atoms with E-state index >= 15 is 0 Å². The predicted octanol–water partition coefficient (Wildman–Crippen LogP) is 3.70. The molecule has 2 N–H and O–H groups in total. The minimum Gasteiger partial charge on any atom is -0.478 e. The fourth-order valence-electron chi connectivity index (χ4n) is 3.15. The summed E-state index contributed by atoms with van der Waals surface area (Å²) in [6, 6.07) is 12.3. The lowest BCUT2D eigenvalue weighted by molar-refractivity contribution is 0.326. The van der Waals surface area contributed by atoms with Crippen LogP contribution in [-0.2, 0) is 6.54 Å². The van der Waals surface area contributed by atoms with Crippen LogP contribution >= 0.6 is 35.6 Å². The van der Waals surface area contributed by atoms with E-state index in [0.717, 1.165) is 41.7 Å². The third kappa shape index (κ3) is 6.41. The van der Waals surface area contributed by atoms with E-state index in [0.29, 0.717) is 25.1 Å². The quantitative estimate of drug-likeness (QED) is 0.349. The van der Waals surface area contributed by atoms with Crippen molar-refractivity contribution in [2.24, 2.45) is 4.99 Å². The van der Waals surface area contributed by atoms with Gasteiger partial charge in [-0.1, -0.05) is 17.7 Å². The minimum absolute atomic E-state index is 0. The molecule has 2 heterocycles. The van der Waals surface area contributed by atoms with Gasteiger partial charge in [0.2, 0.25) is 5.88 Å². The van der Waals surface area contributed by atoms with Crippen molar-refractivity contribution < 1.29 is 4.74 Å². The van der Waals surface area contributed by atoms with Gasteiger partial charge in [-0.15, -0.1) is 24.0 Å². The first kappa shape index (κ1) is 22.5. The number of aromatic nitrogens is 1. The highest BCUT2D eigenvalue weighted by atomic mass is 127. The van der Waals surface area contributed by atoms with E-state index in [4.69, 9.17) is 16.3 Å². The molecule has 0 spiro atoms. The Balaban J connectivity index is 0.00000280. The van der Waals surface area contributed by atoms with Crippen LogP contribution in [0.4, 0.5) is 5.69 Å². The fourth-order valence-corrected chi connectivity index (χ4v) is 3.33. The van der Waals surface area contributed by atoms with Crippen molar-refractivity contribution in [2.45, 2.75) is 25.9 Å². The molecule has 0 aliphatic carbocycles. The maximum Gasteiger partial charge on any atom is 0.213 e. The molecule has 1 aliphatic heterocycles. The Labute approximate surface area is 188 Å². The van der Waals surface area contributed by atoms with E-state index in [2.05, 4.69) is 31.6 Å². The molecule has 0 amide bonds. The first-order valence-electron chi connectivity index (χ1n) is 9.23. The summed E-state index contributed by atoms with van der Waals surface area (Å²) in [5.74, 6) is 1.44. The summed E-state index contributed by atoms with van der Waals surface area (Å²) in [5.41, 5.74) is 2.26. The minimum atomic E-state index is 0. The van der Waals surface area contributed by atoms with Crippen LogP contribution in [0.1, 0.15) is 18.9 Å². The van der Waals surface area contributed by atoms with E-state index in [1.54, 1.807) is 13.2 Å². The molecule has 1 aliphatic rings. The zero-order valence-electron chi connectivity index (χ0n) is 16.2. The van der Waals surface area contributed by atoms with E-state index in [1.807, 2.05) is 37.3 Å². The summed E-state index contributed by atoms with van der Waals surface area (Å²) in [6.07, 6.45) is 2.81. The first-order chi connectivity index (χ1) is 13.2. The molecule has 0 saturated carbocycles. The number of nitrogens with zero attached hydrogens (tertiary/aromatic N) is 3. The van der Waals surface area contributed by atoms with Gasteiger partial charge in [0.25, 0.3) is 0 Å². The summed E-state index contributed by atoms with van der Waals surface area (Å²) in [6.45, 7) is 5.14. The fraction of sp³-hybridized carbons (Fsp3) is 0.400. The molecule has 1 unspecified atom stereocenters. The molecule has 1 aromatic carbocycles. The number of anilines is 1.